The number of unbranched alkanes of at least 4 members (excludes halogenated alkanes) is 5. The molecule has 1 aliphatic heterocycles. The van der Waals surface area contributed by atoms with Crippen molar-refractivity contribution in [1.82, 2.24) is 0 Å². The fourth-order valence-electron chi connectivity index (χ4n) is 2.09. The van der Waals surface area contributed by atoms with Gasteiger partial charge in [-0.1, -0.05) is 39.0 Å². The molecule has 3 nitrogen and oxygen atoms in total. The summed E-state index contributed by atoms with van der Waals surface area (Å²) in [5.41, 5.74) is 0. The fraction of sp³-hybridized carbons (Fsp3) is 0.923. The molecule has 1 aliphatic rings. The highest BCUT2D eigenvalue weighted by atomic mass is 32.2. The Labute approximate surface area is 108 Å². The monoisotopic (exact) mass is 260 g/mol. The molecule has 4 heteroatoms. The maximum Gasteiger partial charge on any atom is 0.319 e. The van der Waals surface area contributed by atoms with E-state index >= 15 is 0 Å². The van der Waals surface area contributed by atoms with Crippen LogP contribution < -0.4 is 0 Å². The highest BCUT2D eigenvalue weighted by Gasteiger charge is 2.34. The smallest absolute Gasteiger partial charge is 0.319 e. The molecule has 0 bridgehead atoms. The maximum absolute atomic E-state index is 10.9. The van der Waals surface area contributed by atoms with E-state index in [4.69, 9.17) is 9.84 Å². The summed E-state index contributed by atoms with van der Waals surface area (Å²) in [7, 11) is 0. The van der Waals surface area contributed by atoms with Gasteiger partial charge < -0.3 is 9.84 Å². The number of ether oxygens (including phenoxy) is 1. The summed E-state index contributed by atoms with van der Waals surface area (Å²) >= 11 is 1.51. The van der Waals surface area contributed by atoms with E-state index in [1.54, 1.807) is 0 Å². The van der Waals surface area contributed by atoms with Gasteiger partial charge in [0.05, 0.1) is 6.10 Å². The van der Waals surface area contributed by atoms with Crippen LogP contribution in [0.15, 0.2) is 0 Å². The van der Waals surface area contributed by atoms with Crippen LogP contribution in [0.1, 0.15) is 51.9 Å². The van der Waals surface area contributed by atoms with Gasteiger partial charge >= 0.3 is 5.97 Å². The summed E-state index contributed by atoms with van der Waals surface area (Å²) < 4.78 is 5.68. The second-order valence-electron chi connectivity index (χ2n) is 4.60. The van der Waals surface area contributed by atoms with Gasteiger partial charge in [0.25, 0.3) is 0 Å². The van der Waals surface area contributed by atoms with Gasteiger partial charge in [-0.25, -0.2) is 0 Å². The molecule has 0 aliphatic carbocycles. The predicted octanol–water partition coefficient (Wildman–Crippen LogP) is 3.32. The van der Waals surface area contributed by atoms with E-state index in [1.165, 1.54) is 43.9 Å². The third-order valence-corrected chi connectivity index (χ3v) is 4.45. The van der Waals surface area contributed by atoms with E-state index in [0.717, 1.165) is 25.2 Å². The van der Waals surface area contributed by atoms with Gasteiger partial charge in [-0.05, 0) is 18.6 Å². The molecule has 17 heavy (non-hydrogen) atoms. The largest absolute Gasteiger partial charge is 0.480 e. The molecule has 2 atom stereocenters. The summed E-state index contributed by atoms with van der Waals surface area (Å²) in [5, 5.41) is 8.64. The Morgan fingerprint density at radius 2 is 2.00 bits per heavy atom. The molecule has 0 saturated carbocycles. The zero-order chi connectivity index (χ0) is 12.5. The molecule has 1 fully saturated rings. The van der Waals surface area contributed by atoms with Crippen molar-refractivity contribution in [3.63, 3.8) is 0 Å². The SMILES string of the molecule is CCCCCCCCOC1CCSC1C(=O)O. The van der Waals surface area contributed by atoms with Crippen molar-refractivity contribution in [2.75, 3.05) is 12.4 Å². The first kappa shape index (κ1) is 14.8. The molecule has 0 radical (unpaired) electrons. The van der Waals surface area contributed by atoms with Crippen LogP contribution in [0.2, 0.25) is 0 Å². The summed E-state index contributed by atoms with van der Waals surface area (Å²) in [4.78, 5) is 10.9. The molecular weight excluding hydrogens is 236 g/mol. The minimum Gasteiger partial charge on any atom is -0.480 e. The first-order valence-electron chi connectivity index (χ1n) is 6.71. The van der Waals surface area contributed by atoms with Crippen molar-refractivity contribution < 1.29 is 14.6 Å². The predicted molar refractivity (Wildman–Crippen MR) is 71.6 cm³/mol. The van der Waals surface area contributed by atoms with Gasteiger partial charge in [-0.15, -0.1) is 11.8 Å². The second kappa shape index (κ2) is 8.81. The maximum atomic E-state index is 10.9. The van der Waals surface area contributed by atoms with Gasteiger partial charge in [0, 0.05) is 6.61 Å². The third kappa shape index (κ3) is 5.77. The minimum absolute atomic E-state index is 0.0619. The number of aliphatic carboxylic acids is 1. The molecule has 1 N–H and O–H groups in total. The zero-order valence-corrected chi connectivity index (χ0v) is 11.5. The topological polar surface area (TPSA) is 46.5 Å². The van der Waals surface area contributed by atoms with E-state index in [9.17, 15) is 4.79 Å². The Hall–Kier alpha value is -0.220. The first-order valence-corrected chi connectivity index (χ1v) is 7.76. The van der Waals surface area contributed by atoms with Crippen molar-refractivity contribution in [3.05, 3.63) is 0 Å². The van der Waals surface area contributed by atoms with Crippen LogP contribution in [-0.4, -0.2) is 34.8 Å². The Morgan fingerprint density at radius 1 is 1.29 bits per heavy atom. The highest BCUT2D eigenvalue weighted by molar-refractivity contribution is 8.00. The lowest BCUT2D eigenvalue weighted by atomic mass is 10.1. The van der Waals surface area contributed by atoms with E-state index in [2.05, 4.69) is 6.92 Å². The Kier molecular flexibility index (Phi) is 7.69. The van der Waals surface area contributed by atoms with Gasteiger partial charge in [-0.2, -0.15) is 0 Å². The molecule has 100 valence electrons. The van der Waals surface area contributed by atoms with Gasteiger partial charge in [0.2, 0.25) is 0 Å². The first-order chi connectivity index (χ1) is 8.25. The van der Waals surface area contributed by atoms with Crippen molar-refractivity contribution in [1.29, 1.82) is 0 Å². The van der Waals surface area contributed by atoms with E-state index < -0.39 is 5.97 Å². The average molecular weight is 260 g/mol. The molecule has 1 heterocycles. The number of carboxylic acids is 1. The summed E-state index contributed by atoms with van der Waals surface area (Å²) in [6.45, 7) is 2.94. The molecule has 0 aromatic heterocycles. The van der Waals surface area contributed by atoms with Crippen molar-refractivity contribution in [2.24, 2.45) is 0 Å². The normalized spacial score (nSPS) is 24.1. The number of hydrogen-bond donors (Lipinski definition) is 1. The third-order valence-electron chi connectivity index (χ3n) is 3.11. The van der Waals surface area contributed by atoms with Crippen LogP contribution in [0.4, 0.5) is 0 Å². The van der Waals surface area contributed by atoms with E-state index in [0.29, 0.717) is 0 Å². The van der Waals surface area contributed by atoms with Gasteiger partial charge in [-0.3, -0.25) is 4.79 Å². The van der Waals surface area contributed by atoms with Crippen LogP contribution in [0.5, 0.6) is 0 Å². The van der Waals surface area contributed by atoms with Crippen LogP contribution in [0, 0.1) is 0 Å². The number of carboxylic acid groups (broad SMARTS) is 1. The Balaban J connectivity index is 2.00. The molecule has 0 aromatic rings. The number of thioether (sulfide) groups is 1. The van der Waals surface area contributed by atoms with Gasteiger partial charge in [0.15, 0.2) is 0 Å². The van der Waals surface area contributed by atoms with Crippen molar-refractivity contribution in [3.8, 4) is 0 Å². The van der Waals surface area contributed by atoms with Crippen LogP contribution >= 0.6 is 11.8 Å². The molecular formula is C13H24O3S. The molecule has 1 saturated heterocycles. The van der Waals surface area contributed by atoms with Gasteiger partial charge in [0.1, 0.15) is 5.25 Å². The molecule has 2 unspecified atom stereocenters. The lowest BCUT2D eigenvalue weighted by Gasteiger charge is -2.15. The molecule has 1 rings (SSSR count). The molecule has 0 amide bonds. The highest BCUT2D eigenvalue weighted by Crippen LogP contribution is 2.29. The van der Waals surface area contributed by atoms with Crippen molar-refractivity contribution >= 4 is 17.7 Å². The molecule has 0 spiro atoms. The minimum atomic E-state index is -0.722. The fourth-order valence-corrected chi connectivity index (χ4v) is 3.28. The van der Waals surface area contributed by atoms with E-state index in [-0.39, 0.29) is 11.4 Å². The van der Waals surface area contributed by atoms with Crippen molar-refractivity contribution in [2.45, 2.75) is 63.2 Å². The van der Waals surface area contributed by atoms with Crippen LogP contribution in [0.25, 0.3) is 0 Å². The summed E-state index contributed by atoms with van der Waals surface area (Å²) in [6.07, 6.45) is 8.28. The summed E-state index contributed by atoms with van der Waals surface area (Å²) in [5.74, 6) is 0.193. The Morgan fingerprint density at radius 3 is 2.71 bits per heavy atom. The lowest BCUT2D eigenvalue weighted by molar-refractivity contribution is -0.139. The zero-order valence-electron chi connectivity index (χ0n) is 10.7. The second-order valence-corrected chi connectivity index (χ2v) is 5.84. The Bertz CT molecular complexity index is 221. The lowest BCUT2D eigenvalue weighted by Crippen LogP contribution is -2.29. The number of carbonyl (C=O) groups is 1. The summed E-state index contributed by atoms with van der Waals surface area (Å²) in [6, 6.07) is 0. The number of rotatable bonds is 9. The average Bonchev–Trinajstić information content (AvgIpc) is 2.76. The quantitative estimate of drug-likeness (QED) is 0.646. The number of hydrogen-bond acceptors (Lipinski definition) is 3. The molecule has 0 aromatic carbocycles. The van der Waals surface area contributed by atoms with Crippen LogP contribution in [0.3, 0.4) is 0 Å². The standard InChI is InChI=1S/C13H24O3S/c1-2-3-4-5-6-7-9-16-11-8-10-17-12(11)13(14)15/h11-12H,2-10H2,1H3,(H,14,15). The van der Waals surface area contributed by atoms with Crippen LogP contribution in [-0.2, 0) is 9.53 Å². The van der Waals surface area contributed by atoms with E-state index in [1.807, 2.05) is 0 Å².